The number of carbonyl (C=O) groups is 1. The van der Waals surface area contributed by atoms with Gasteiger partial charge in [0.05, 0.1) is 25.5 Å². The predicted octanol–water partition coefficient (Wildman–Crippen LogP) is 3.77. The third kappa shape index (κ3) is 6.51. The van der Waals surface area contributed by atoms with Gasteiger partial charge in [-0.15, -0.1) is 0 Å². The van der Waals surface area contributed by atoms with Gasteiger partial charge in [-0.1, -0.05) is 37.8 Å². The van der Waals surface area contributed by atoms with Crippen LogP contribution in [-0.4, -0.2) is 43.3 Å². The van der Waals surface area contributed by atoms with Crippen molar-refractivity contribution < 1.29 is 19.4 Å². The Morgan fingerprint density at radius 1 is 1.22 bits per heavy atom. The van der Waals surface area contributed by atoms with E-state index in [0.29, 0.717) is 29.7 Å². The van der Waals surface area contributed by atoms with Crippen molar-refractivity contribution in [3.63, 3.8) is 0 Å². The van der Waals surface area contributed by atoms with Crippen LogP contribution >= 0.6 is 0 Å². The minimum atomic E-state index is -0.941. The number of hydrogen-bond acceptors (Lipinski definition) is 7. The fourth-order valence-electron chi connectivity index (χ4n) is 4.52. The summed E-state index contributed by atoms with van der Waals surface area (Å²) in [6.45, 7) is 3.65. The zero-order valence-corrected chi connectivity index (χ0v) is 20.9. The standard InChI is InChI=1S/C26H33N5O5/c1-26(2,34)17-30-13-12-23(29-30)28-25(33)20(14-18-8-4-5-9-18)31-24(32)15-19(16-27-31)36-22-11-7-6-10-21(22)35-3/h6-7,10-13,15-16,18,20,34H,4-5,8-9,14,17H2,1-3H3,(H,28,29,33). The van der Waals surface area contributed by atoms with E-state index in [9.17, 15) is 14.7 Å². The Bertz CT molecular complexity index is 1240. The summed E-state index contributed by atoms with van der Waals surface area (Å²) in [5.74, 6) is 1.58. The van der Waals surface area contributed by atoms with E-state index in [1.54, 1.807) is 56.1 Å². The summed E-state index contributed by atoms with van der Waals surface area (Å²) in [5, 5.41) is 21.5. The quantitative estimate of drug-likeness (QED) is 0.439. The number of aromatic nitrogens is 4. The summed E-state index contributed by atoms with van der Waals surface area (Å²) in [6.07, 6.45) is 7.91. The van der Waals surface area contributed by atoms with E-state index in [4.69, 9.17) is 9.47 Å². The van der Waals surface area contributed by atoms with Gasteiger partial charge in [0, 0.05) is 18.3 Å². The molecule has 2 N–H and O–H groups in total. The van der Waals surface area contributed by atoms with E-state index in [2.05, 4.69) is 15.5 Å². The first-order valence-corrected chi connectivity index (χ1v) is 12.2. The average molecular weight is 496 g/mol. The monoisotopic (exact) mass is 495 g/mol. The summed E-state index contributed by atoms with van der Waals surface area (Å²) in [7, 11) is 1.54. The molecule has 36 heavy (non-hydrogen) atoms. The van der Waals surface area contributed by atoms with Crippen LogP contribution in [0.25, 0.3) is 0 Å². The highest BCUT2D eigenvalue weighted by molar-refractivity contribution is 5.92. The highest BCUT2D eigenvalue weighted by atomic mass is 16.5. The number of anilines is 1. The molecule has 1 unspecified atom stereocenters. The Morgan fingerprint density at radius 3 is 2.61 bits per heavy atom. The average Bonchev–Trinajstić information content (AvgIpc) is 3.49. The molecule has 0 bridgehead atoms. The lowest BCUT2D eigenvalue weighted by Gasteiger charge is -2.21. The Balaban J connectivity index is 1.55. The molecule has 1 aromatic carbocycles. The van der Waals surface area contributed by atoms with Gasteiger partial charge < -0.3 is 19.9 Å². The molecule has 1 aliphatic carbocycles. The molecule has 1 amide bonds. The number of amides is 1. The molecular weight excluding hydrogens is 462 g/mol. The topological polar surface area (TPSA) is 120 Å². The molecular formula is C26H33N5O5. The highest BCUT2D eigenvalue weighted by Gasteiger charge is 2.29. The van der Waals surface area contributed by atoms with Crippen LogP contribution in [0.2, 0.25) is 0 Å². The maximum absolute atomic E-state index is 13.3. The summed E-state index contributed by atoms with van der Waals surface area (Å²) in [5.41, 5.74) is -1.38. The van der Waals surface area contributed by atoms with Gasteiger partial charge >= 0.3 is 0 Å². The van der Waals surface area contributed by atoms with Crippen LogP contribution in [0.3, 0.4) is 0 Å². The van der Waals surface area contributed by atoms with Crippen LogP contribution < -0.4 is 20.3 Å². The first kappa shape index (κ1) is 25.4. The van der Waals surface area contributed by atoms with Crippen molar-refractivity contribution in [1.29, 1.82) is 0 Å². The Morgan fingerprint density at radius 2 is 1.94 bits per heavy atom. The number of carbonyl (C=O) groups excluding carboxylic acids is 1. The van der Waals surface area contributed by atoms with E-state index in [1.165, 1.54) is 16.9 Å². The number of ether oxygens (including phenoxy) is 2. The van der Waals surface area contributed by atoms with Gasteiger partial charge in [0.1, 0.15) is 6.04 Å². The smallest absolute Gasteiger partial charge is 0.271 e. The number of aliphatic hydroxyl groups is 1. The van der Waals surface area contributed by atoms with Crippen LogP contribution in [0.15, 0.2) is 53.6 Å². The van der Waals surface area contributed by atoms with Crippen molar-refractivity contribution in [2.45, 2.75) is 64.1 Å². The van der Waals surface area contributed by atoms with E-state index in [-0.39, 0.29) is 18.2 Å². The number of benzene rings is 1. The summed E-state index contributed by atoms with van der Waals surface area (Å²) >= 11 is 0. The fraction of sp³-hybridized carbons (Fsp3) is 0.462. The first-order valence-electron chi connectivity index (χ1n) is 12.2. The second-order valence-electron chi connectivity index (χ2n) is 9.83. The normalized spacial score (nSPS) is 15.0. The highest BCUT2D eigenvalue weighted by Crippen LogP contribution is 2.33. The molecule has 0 saturated heterocycles. The number of nitrogens with one attached hydrogen (secondary N) is 1. The molecule has 1 aliphatic rings. The fourth-order valence-corrected chi connectivity index (χ4v) is 4.52. The molecule has 4 rings (SSSR count). The number of hydrogen-bond donors (Lipinski definition) is 2. The molecule has 1 saturated carbocycles. The second-order valence-corrected chi connectivity index (χ2v) is 9.83. The molecule has 10 heteroatoms. The maximum Gasteiger partial charge on any atom is 0.271 e. The SMILES string of the molecule is COc1ccccc1Oc1cnn(C(CC2CCCC2)C(=O)Nc2ccn(CC(C)(C)O)n2)c(=O)c1. The molecule has 0 spiro atoms. The summed E-state index contributed by atoms with van der Waals surface area (Å²) < 4.78 is 13.9. The van der Waals surface area contributed by atoms with E-state index < -0.39 is 17.2 Å². The lowest BCUT2D eigenvalue weighted by atomic mass is 9.98. The van der Waals surface area contributed by atoms with Crippen molar-refractivity contribution in [3.8, 4) is 17.2 Å². The predicted molar refractivity (Wildman–Crippen MR) is 134 cm³/mol. The summed E-state index contributed by atoms with van der Waals surface area (Å²) in [4.78, 5) is 26.4. The molecule has 0 aliphatic heterocycles. The molecule has 1 atom stereocenters. The first-order chi connectivity index (χ1) is 17.2. The van der Waals surface area contributed by atoms with Crippen molar-refractivity contribution >= 4 is 11.7 Å². The van der Waals surface area contributed by atoms with Gasteiger partial charge in [0.15, 0.2) is 23.1 Å². The third-order valence-corrected chi connectivity index (χ3v) is 6.17. The third-order valence-electron chi connectivity index (χ3n) is 6.17. The van der Waals surface area contributed by atoms with E-state index >= 15 is 0 Å². The lowest BCUT2D eigenvalue weighted by molar-refractivity contribution is -0.120. The van der Waals surface area contributed by atoms with Crippen molar-refractivity contribution in [2.75, 3.05) is 12.4 Å². The van der Waals surface area contributed by atoms with Gasteiger partial charge in [0.2, 0.25) is 0 Å². The molecule has 2 aromatic heterocycles. The Kier molecular flexibility index (Phi) is 7.73. The second kappa shape index (κ2) is 10.9. The van der Waals surface area contributed by atoms with Gasteiger partial charge in [-0.25, -0.2) is 4.68 Å². The van der Waals surface area contributed by atoms with Gasteiger partial charge in [0.25, 0.3) is 11.5 Å². The van der Waals surface area contributed by atoms with Crippen molar-refractivity contribution in [2.24, 2.45) is 5.92 Å². The minimum Gasteiger partial charge on any atom is -0.493 e. The van der Waals surface area contributed by atoms with Crippen molar-refractivity contribution in [1.82, 2.24) is 19.6 Å². The van der Waals surface area contributed by atoms with Gasteiger partial charge in [-0.05, 0) is 38.3 Å². The molecule has 10 nitrogen and oxygen atoms in total. The molecule has 3 aromatic rings. The van der Waals surface area contributed by atoms with Crippen LogP contribution in [-0.2, 0) is 11.3 Å². The van der Waals surface area contributed by atoms with E-state index in [0.717, 1.165) is 25.7 Å². The summed E-state index contributed by atoms with van der Waals surface area (Å²) in [6, 6.07) is 9.31. The number of rotatable bonds is 10. The Hall–Kier alpha value is -3.66. The Labute approximate surface area is 209 Å². The van der Waals surface area contributed by atoms with Crippen LogP contribution in [0.1, 0.15) is 52.0 Å². The zero-order valence-electron chi connectivity index (χ0n) is 20.9. The number of nitrogens with zero attached hydrogens (tertiary/aromatic N) is 4. The molecule has 0 radical (unpaired) electrons. The van der Waals surface area contributed by atoms with Crippen molar-refractivity contribution in [3.05, 3.63) is 59.1 Å². The lowest BCUT2D eigenvalue weighted by Crippen LogP contribution is -2.36. The molecule has 192 valence electrons. The molecule has 1 fully saturated rings. The van der Waals surface area contributed by atoms with Crippen LogP contribution in [0.4, 0.5) is 5.82 Å². The minimum absolute atomic E-state index is 0.256. The van der Waals surface area contributed by atoms with Gasteiger partial charge in [-0.3, -0.25) is 14.3 Å². The maximum atomic E-state index is 13.3. The van der Waals surface area contributed by atoms with E-state index in [1.807, 2.05) is 6.07 Å². The number of methoxy groups -OCH3 is 1. The van der Waals surface area contributed by atoms with Crippen LogP contribution in [0, 0.1) is 5.92 Å². The zero-order chi connectivity index (χ0) is 25.7. The largest absolute Gasteiger partial charge is 0.493 e. The number of para-hydroxylation sites is 2. The van der Waals surface area contributed by atoms with Crippen LogP contribution in [0.5, 0.6) is 17.2 Å². The molecule has 2 heterocycles. The van der Waals surface area contributed by atoms with Gasteiger partial charge in [-0.2, -0.15) is 10.2 Å².